The molecule has 0 amide bonds. The Morgan fingerprint density at radius 2 is 2.00 bits per heavy atom. The van der Waals surface area contributed by atoms with E-state index < -0.39 is 11.9 Å². The summed E-state index contributed by atoms with van der Waals surface area (Å²) in [4.78, 5) is 32.3. The molecule has 25 heavy (non-hydrogen) atoms. The summed E-state index contributed by atoms with van der Waals surface area (Å²) in [5, 5.41) is 4.13. The van der Waals surface area contributed by atoms with Gasteiger partial charge >= 0.3 is 5.97 Å². The first-order valence-corrected chi connectivity index (χ1v) is 9.06. The number of methoxy groups -OCH3 is 1. The highest BCUT2D eigenvalue weighted by Gasteiger charge is 2.36. The van der Waals surface area contributed by atoms with Gasteiger partial charge in [0.2, 0.25) is 0 Å². The quantitative estimate of drug-likeness (QED) is 0.485. The molecule has 0 spiro atoms. The lowest BCUT2D eigenvalue weighted by Gasteiger charge is -2.28. The van der Waals surface area contributed by atoms with Gasteiger partial charge in [0.15, 0.2) is 5.16 Å². The third-order valence-electron chi connectivity index (χ3n) is 4.02. The highest BCUT2D eigenvalue weighted by molar-refractivity contribution is 7.98. The topological polar surface area (TPSA) is 84.1 Å². The molecule has 0 fully saturated rings. The average molecular weight is 378 g/mol. The van der Waals surface area contributed by atoms with E-state index in [1.165, 1.54) is 18.9 Å². The molecular formula is C17H16ClN3O3S. The third-order valence-corrected chi connectivity index (χ3v) is 4.85. The molecule has 130 valence electrons. The molecule has 1 aliphatic heterocycles. The number of halogens is 1. The monoisotopic (exact) mass is 377 g/mol. The molecular weight excluding hydrogens is 362 g/mol. The van der Waals surface area contributed by atoms with Crippen molar-refractivity contribution in [1.82, 2.24) is 9.97 Å². The van der Waals surface area contributed by atoms with Crippen LogP contribution in [0, 0.1) is 0 Å². The van der Waals surface area contributed by atoms with E-state index in [9.17, 15) is 9.59 Å². The second-order valence-electron chi connectivity index (χ2n) is 5.48. The highest BCUT2D eigenvalue weighted by atomic mass is 35.5. The maximum atomic E-state index is 12.7. The largest absolute Gasteiger partial charge is 0.466 e. The van der Waals surface area contributed by atoms with Crippen molar-refractivity contribution in [1.29, 1.82) is 0 Å². The number of nitrogens with one attached hydrogen (secondary N) is 2. The second-order valence-corrected chi connectivity index (χ2v) is 6.71. The van der Waals surface area contributed by atoms with Crippen LogP contribution in [-0.4, -0.2) is 29.3 Å². The molecule has 2 aromatic rings. The Morgan fingerprint density at radius 1 is 1.32 bits per heavy atom. The van der Waals surface area contributed by atoms with Crippen molar-refractivity contribution in [3.63, 3.8) is 0 Å². The van der Waals surface area contributed by atoms with Gasteiger partial charge in [-0.2, -0.15) is 0 Å². The number of hydrogen-bond donors (Lipinski definition) is 2. The number of carbonyl (C=O) groups is 1. The van der Waals surface area contributed by atoms with Gasteiger partial charge in [0.05, 0.1) is 24.2 Å². The minimum Gasteiger partial charge on any atom is -0.466 e. The second kappa shape index (κ2) is 6.93. The van der Waals surface area contributed by atoms with Gasteiger partial charge in [-0.15, -0.1) is 0 Å². The Kier molecular flexibility index (Phi) is 4.87. The molecule has 0 unspecified atom stereocenters. The maximum absolute atomic E-state index is 12.7. The van der Waals surface area contributed by atoms with Crippen LogP contribution < -0.4 is 10.9 Å². The summed E-state index contributed by atoms with van der Waals surface area (Å²) in [7, 11) is 1.32. The fourth-order valence-electron chi connectivity index (χ4n) is 2.90. The zero-order valence-electron chi connectivity index (χ0n) is 13.8. The fraction of sp³-hybridized carbons (Fsp3) is 0.235. The molecule has 1 atom stereocenters. The molecule has 1 aromatic carbocycles. The number of anilines is 1. The van der Waals surface area contributed by atoms with Crippen LogP contribution in [-0.2, 0) is 9.53 Å². The molecule has 0 radical (unpaired) electrons. The lowest BCUT2D eigenvalue weighted by Crippen LogP contribution is -2.30. The first-order valence-electron chi connectivity index (χ1n) is 7.46. The minimum absolute atomic E-state index is 0.296. The van der Waals surface area contributed by atoms with Crippen molar-refractivity contribution in [3.05, 3.63) is 62.0 Å². The first-order chi connectivity index (χ1) is 12.0. The molecule has 2 heterocycles. The summed E-state index contributed by atoms with van der Waals surface area (Å²) in [6.07, 6.45) is 1.83. The van der Waals surface area contributed by atoms with E-state index in [2.05, 4.69) is 15.3 Å². The van der Waals surface area contributed by atoms with Gasteiger partial charge in [0, 0.05) is 10.7 Å². The van der Waals surface area contributed by atoms with E-state index in [1.54, 1.807) is 31.2 Å². The molecule has 0 aliphatic carbocycles. The van der Waals surface area contributed by atoms with Crippen LogP contribution in [0.25, 0.3) is 0 Å². The summed E-state index contributed by atoms with van der Waals surface area (Å²) < 4.78 is 4.94. The summed E-state index contributed by atoms with van der Waals surface area (Å²) in [5.41, 5.74) is 1.82. The highest BCUT2D eigenvalue weighted by Crippen LogP contribution is 2.40. The number of nitrogens with zero attached hydrogens (tertiary/aromatic N) is 1. The number of allylic oxidation sites excluding steroid dienone is 1. The molecule has 1 aromatic heterocycles. The van der Waals surface area contributed by atoms with Crippen LogP contribution in [0.3, 0.4) is 0 Å². The number of H-pyrrole nitrogens is 1. The van der Waals surface area contributed by atoms with Crippen LogP contribution in [0.15, 0.2) is 45.5 Å². The summed E-state index contributed by atoms with van der Waals surface area (Å²) in [6, 6.07) is 7.03. The van der Waals surface area contributed by atoms with Gasteiger partial charge in [0.25, 0.3) is 5.56 Å². The number of hydrogen-bond acceptors (Lipinski definition) is 6. The lowest BCUT2D eigenvalue weighted by atomic mass is 9.82. The Bertz CT molecular complexity index is 922. The van der Waals surface area contributed by atoms with E-state index in [0.717, 1.165) is 5.56 Å². The molecule has 0 saturated heterocycles. The summed E-state index contributed by atoms with van der Waals surface area (Å²) >= 11 is 7.31. The zero-order chi connectivity index (χ0) is 18.1. The van der Waals surface area contributed by atoms with Crippen molar-refractivity contribution in [2.75, 3.05) is 18.7 Å². The average Bonchev–Trinajstić information content (AvgIpc) is 2.60. The van der Waals surface area contributed by atoms with E-state index in [4.69, 9.17) is 16.3 Å². The number of aromatic amines is 1. The number of carbonyl (C=O) groups excluding carboxylic acids is 1. The van der Waals surface area contributed by atoms with Crippen LogP contribution >= 0.6 is 23.4 Å². The molecule has 3 rings (SSSR count). The number of esters is 1. The van der Waals surface area contributed by atoms with E-state index >= 15 is 0 Å². The third kappa shape index (κ3) is 3.17. The van der Waals surface area contributed by atoms with Gasteiger partial charge in [-0.1, -0.05) is 35.5 Å². The predicted molar refractivity (Wildman–Crippen MR) is 98.3 cm³/mol. The van der Waals surface area contributed by atoms with Gasteiger partial charge in [-0.05, 0) is 30.9 Å². The molecule has 8 heteroatoms. The zero-order valence-corrected chi connectivity index (χ0v) is 15.4. The maximum Gasteiger partial charge on any atom is 0.336 e. The minimum atomic E-state index is -0.590. The Hall–Kier alpha value is -2.25. The van der Waals surface area contributed by atoms with Crippen LogP contribution in [0.2, 0.25) is 5.02 Å². The van der Waals surface area contributed by atoms with E-state index in [-0.39, 0.29) is 5.56 Å². The molecule has 0 bridgehead atoms. The van der Waals surface area contributed by atoms with Crippen molar-refractivity contribution in [2.45, 2.75) is 18.0 Å². The van der Waals surface area contributed by atoms with Crippen molar-refractivity contribution < 1.29 is 9.53 Å². The van der Waals surface area contributed by atoms with Gasteiger partial charge < -0.3 is 15.0 Å². The Labute approximate surface area is 153 Å². The van der Waals surface area contributed by atoms with Crippen LogP contribution in [0.4, 0.5) is 5.82 Å². The normalized spacial score (nSPS) is 16.2. The SMILES string of the molecule is COC(=O)C1=C(C)Nc2nc(SC)[nH]c(=O)c2[C@H]1c1ccc(Cl)cc1. The summed E-state index contributed by atoms with van der Waals surface area (Å²) in [6.45, 7) is 1.76. The van der Waals surface area contributed by atoms with Gasteiger partial charge in [0.1, 0.15) is 5.82 Å². The lowest BCUT2D eigenvalue weighted by molar-refractivity contribution is -0.136. The number of rotatable bonds is 3. The van der Waals surface area contributed by atoms with Gasteiger partial charge in [-0.25, -0.2) is 9.78 Å². The fourth-order valence-corrected chi connectivity index (χ4v) is 3.40. The molecule has 6 nitrogen and oxygen atoms in total. The predicted octanol–water partition coefficient (Wildman–Crippen LogP) is 3.15. The standard InChI is InChI=1S/C17H16ClN3O3S/c1-8-11(16(23)24-2)12(9-4-6-10(18)7-5-9)13-14(19-8)20-17(25-3)21-15(13)22/h4-7,12H,1-3H3,(H2,19,20,21,22)/t12-/m0/s1. The van der Waals surface area contributed by atoms with Crippen molar-refractivity contribution in [3.8, 4) is 0 Å². The van der Waals surface area contributed by atoms with E-state index in [1.807, 2.05) is 6.26 Å². The molecule has 0 saturated carbocycles. The number of fused-ring (bicyclic) bond motifs is 1. The number of benzene rings is 1. The van der Waals surface area contributed by atoms with Gasteiger partial charge in [-0.3, -0.25) is 4.79 Å². The first kappa shape index (κ1) is 17.6. The van der Waals surface area contributed by atoms with Crippen molar-refractivity contribution in [2.24, 2.45) is 0 Å². The van der Waals surface area contributed by atoms with E-state index in [0.29, 0.717) is 32.8 Å². The molecule has 2 N–H and O–H groups in total. The number of aromatic nitrogens is 2. The smallest absolute Gasteiger partial charge is 0.336 e. The summed E-state index contributed by atoms with van der Waals surface area (Å²) in [5.74, 6) is -0.643. The Balaban J connectivity index is 2.28. The van der Waals surface area contributed by atoms with Crippen LogP contribution in [0.1, 0.15) is 24.0 Å². The number of thioether (sulfide) groups is 1. The van der Waals surface area contributed by atoms with Crippen molar-refractivity contribution >= 4 is 35.1 Å². The van der Waals surface area contributed by atoms with Crippen LogP contribution in [0.5, 0.6) is 0 Å². The Morgan fingerprint density at radius 3 is 2.60 bits per heavy atom. The number of ether oxygens (including phenoxy) is 1. The molecule has 1 aliphatic rings.